The second kappa shape index (κ2) is 3.10. The Morgan fingerprint density at radius 1 is 0.941 bits per heavy atom. The van der Waals surface area contributed by atoms with Gasteiger partial charge in [-0.15, -0.1) is 10.2 Å². The Balaban J connectivity index is 2.07. The quantitative estimate of drug-likeness (QED) is 0.456. The zero-order valence-corrected chi connectivity index (χ0v) is 9.09. The van der Waals surface area contributed by atoms with Crippen LogP contribution in [0.25, 0.3) is 22.0 Å². The van der Waals surface area contributed by atoms with Crippen molar-refractivity contribution < 1.29 is 0 Å². The number of nitrogens with zero attached hydrogens (tertiary/aromatic N) is 3. The van der Waals surface area contributed by atoms with Crippen LogP contribution in [0, 0.1) is 0 Å². The summed E-state index contributed by atoms with van der Waals surface area (Å²) in [5.74, 6) is 0. The minimum absolute atomic E-state index is 0.923. The monoisotopic (exact) mass is 219 g/mol. The van der Waals surface area contributed by atoms with Gasteiger partial charge < -0.3 is 0 Å². The van der Waals surface area contributed by atoms with Crippen molar-refractivity contribution in [1.82, 2.24) is 15.4 Å². The number of fused-ring (bicyclic) bond motifs is 4. The predicted molar refractivity (Wildman–Crippen MR) is 65.6 cm³/mol. The number of rotatable bonds is 0. The first-order chi connectivity index (χ1) is 8.42. The van der Waals surface area contributed by atoms with Crippen molar-refractivity contribution in [3.05, 3.63) is 53.7 Å². The van der Waals surface area contributed by atoms with E-state index in [0.717, 1.165) is 17.3 Å². The topological polar surface area (TPSA) is 38.7 Å². The molecule has 0 unspecified atom stereocenters. The van der Waals surface area contributed by atoms with Crippen LogP contribution in [0.5, 0.6) is 0 Å². The third kappa shape index (κ3) is 1.19. The average Bonchev–Trinajstić information content (AvgIpc) is 2.73. The van der Waals surface area contributed by atoms with E-state index in [1.807, 2.05) is 0 Å². The molecule has 80 valence electrons. The first kappa shape index (κ1) is 8.82. The van der Waals surface area contributed by atoms with Crippen LogP contribution in [0.2, 0.25) is 0 Å². The SMILES string of the molecule is c1ccc2c(c1)Cc1cc3nnncc3cc1-2. The standard InChI is InChI=1S/C14H9N3/c1-2-4-12-9(3-1)5-10-7-14-11(6-13(10)12)8-15-17-16-14/h1-4,6-8H,5H2. The lowest BCUT2D eigenvalue weighted by atomic mass is 10.0. The molecule has 3 aromatic rings. The Hall–Kier alpha value is -2.29. The van der Waals surface area contributed by atoms with E-state index in [4.69, 9.17) is 0 Å². The molecular formula is C14H9N3. The summed E-state index contributed by atoms with van der Waals surface area (Å²) < 4.78 is 0. The van der Waals surface area contributed by atoms with E-state index < -0.39 is 0 Å². The fraction of sp³-hybridized carbons (Fsp3) is 0.0714. The van der Waals surface area contributed by atoms with E-state index in [-0.39, 0.29) is 0 Å². The van der Waals surface area contributed by atoms with E-state index in [2.05, 4.69) is 51.8 Å². The molecule has 1 heterocycles. The van der Waals surface area contributed by atoms with Gasteiger partial charge >= 0.3 is 0 Å². The molecule has 3 heteroatoms. The van der Waals surface area contributed by atoms with Gasteiger partial charge in [0.05, 0.1) is 11.7 Å². The molecule has 2 aromatic carbocycles. The highest BCUT2D eigenvalue weighted by atomic mass is 15.3. The normalized spacial score (nSPS) is 12.5. The maximum absolute atomic E-state index is 4.06. The minimum atomic E-state index is 0.923. The molecular weight excluding hydrogens is 210 g/mol. The molecule has 4 rings (SSSR count). The largest absolute Gasteiger partial charge is 0.138 e. The molecule has 0 atom stereocenters. The second-order valence-electron chi connectivity index (χ2n) is 4.34. The Kier molecular flexibility index (Phi) is 1.61. The van der Waals surface area contributed by atoms with Crippen molar-refractivity contribution >= 4 is 10.9 Å². The molecule has 0 N–H and O–H groups in total. The van der Waals surface area contributed by atoms with E-state index in [1.165, 1.54) is 22.3 Å². The van der Waals surface area contributed by atoms with Gasteiger partial charge in [0.25, 0.3) is 0 Å². The average molecular weight is 219 g/mol. The molecule has 3 nitrogen and oxygen atoms in total. The second-order valence-corrected chi connectivity index (χ2v) is 4.34. The van der Waals surface area contributed by atoms with Crippen LogP contribution < -0.4 is 0 Å². The number of aromatic nitrogens is 3. The molecule has 17 heavy (non-hydrogen) atoms. The van der Waals surface area contributed by atoms with Crippen molar-refractivity contribution in [2.75, 3.05) is 0 Å². The van der Waals surface area contributed by atoms with Crippen molar-refractivity contribution in [2.45, 2.75) is 6.42 Å². The van der Waals surface area contributed by atoms with Crippen LogP contribution >= 0.6 is 0 Å². The maximum Gasteiger partial charge on any atom is 0.0966 e. The zero-order valence-electron chi connectivity index (χ0n) is 9.09. The third-order valence-corrected chi connectivity index (χ3v) is 3.34. The summed E-state index contributed by atoms with van der Waals surface area (Å²) in [4.78, 5) is 0. The zero-order chi connectivity index (χ0) is 11.2. The van der Waals surface area contributed by atoms with Crippen molar-refractivity contribution in [3.8, 4) is 11.1 Å². The van der Waals surface area contributed by atoms with Crippen LogP contribution in [0.3, 0.4) is 0 Å². The minimum Gasteiger partial charge on any atom is -0.138 e. The van der Waals surface area contributed by atoms with E-state index in [1.54, 1.807) is 6.20 Å². The third-order valence-electron chi connectivity index (χ3n) is 3.34. The van der Waals surface area contributed by atoms with Crippen LogP contribution in [-0.4, -0.2) is 15.4 Å². The van der Waals surface area contributed by atoms with Crippen LogP contribution in [0.4, 0.5) is 0 Å². The first-order valence-corrected chi connectivity index (χ1v) is 5.61. The summed E-state index contributed by atoms with van der Waals surface area (Å²) in [7, 11) is 0. The van der Waals surface area contributed by atoms with Crippen LogP contribution in [-0.2, 0) is 6.42 Å². The number of hydrogen-bond acceptors (Lipinski definition) is 3. The summed E-state index contributed by atoms with van der Waals surface area (Å²) in [6.07, 6.45) is 2.76. The summed E-state index contributed by atoms with van der Waals surface area (Å²) in [6, 6.07) is 12.8. The molecule has 0 bridgehead atoms. The summed E-state index contributed by atoms with van der Waals surface area (Å²) in [6.45, 7) is 0. The number of benzene rings is 2. The summed E-state index contributed by atoms with van der Waals surface area (Å²) >= 11 is 0. The number of hydrogen-bond donors (Lipinski definition) is 0. The van der Waals surface area contributed by atoms with Gasteiger partial charge in [-0.1, -0.05) is 24.3 Å². The van der Waals surface area contributed by atoms with Gasteiger partial charge in [-0.3, -0.25) is 0 Å². The molecule has 0 radical (unpaired) electrons. The lowest BCUT2D eigenvalue weighted by Crippen LogP contribution is -1.89. The fourth-order valence-corrected chi connectivity index (χ4v) is 2.54. The Labute approximate surface area is 98.1 Å². The Bertz CT molecular complexity index is 734. The van der Waals surface area contributed by atoms with E-state index >= 15 is 0 Å². The highest BCUT2D eigenvalue weighted by molar-refractivity contribution is 5.88. The lowest BCUT2D eigenvalue weighted by molar-refractivity contribution is 0.895. The molecule has 0 saturated carbocycles. The predicted octanol–water partition coefficient (Wildman–Crippen LogP) is 2.60. The van der Waals surface area contributed by atoms with Gasteiger partial charge in [0.2, 0.25) is 0 Å². The highest BCUT2D eigenvalue weighted by Gasteiger charge is 2.18. The van der Waals surface area contributed by atoms with Gasteiger partial charge in [0.15, 0.2) is 0 Å². The van der Waals surface area contributed by atoms with Gasteiger partial charge in [0.1, 0.15) is 0 Å². The van der Waals surface area contributed by atoms with E-state index in [0.29, 0.717) is 0 Å². The Morgan fingerprint density at radius 2 is 1.88 bits per heavy atom. The van der Waals surface area contributed by atoms with Crippen LogP contribution in [0.15, 0.2) is 42.6 Å². The Morgan fingerprint density at radius 3 is 2.88 bits per heavy atom. The first-order valence-electron chi connectivity index (χ1n) is 5.61. The molecule has 0 aliphatic heterocycles. The van der Waals surface area contributed by atoms with Crippen molar-refractivity contribution in [2.24, 2.45) is 0 Å². The van der Waals surface area contributed by atoms with E-state index in [9.17, 15) is 0 Å². The smallest absolute Gasteiger partial charge is 0.0966 e. The molecule has 0 amide bonds. The summed E-state index contributed by atoms with van der Waals surface area (Å²) in [5, 5.41) is 12.6. The molecule has 0 fully saturated rings. The molecule has 0 saturated heterocycles. The molecule has 0 spiro atoms. The molecule has 1 aliphatic rings. The van der Waals surface area contributed by atoms with Gasteiger partial charge in [-0.2, -0.15) is 0 Å². The maximum atomic E-state index is 4.06. The van der Waals surface area contributed by atoms with Gasteiger partial charge in [-0.25, -0.2) is 0 Å². The highest BCUT2D eigenvalue weighted by Crippen LogP contribution is 2.37. The summed E-state index contributed by atoms with van der Waals surface area (Å²) in [5.41, 5.74) is 6.29. The molecule has 1 aliphatic carbocycles. The van der Waals surface area contributed by atoms with Crippen LogP contribution in [0.1, 0.15) is 11.1 Å². The van der Waals surface area contributed by atoms with Crippen molar-refractivity contribution in [3.63, 3.8) is 0 Å². The van der Waals surface area contributed by atoms with Gasteiger partial charge in [0, 0.05) is 5.39 Å². The van der Waals surface area contributed by atoms with Gasteiger partial charge in [-0.05, 0) is 46.0 Å². The molecule has 1 aromatic heterocycles. The fourth-order valence-electron chi connectivity index (χ4n) is 2.54. The van der Waals surface area contributed by atoms with Crippen molar-refractivity contribution in [1.29, 1.82) is 0 Å². The lowest BCUT2D eigenvalue weighted by Gasteiger charge is -2.02.